The number of pyridine rings is 1. The van der Waals surface area contributed by atoms with Gasteiger partial charge in [-0.05, 0) is 51.1 Å². The van der Waals surface area contributed by atoms with Crippen LogP contribution in [0, 0.1) is 5.82 Å². The molecule has 12 heteroatoms. The highest BCUT2D eigenvalue weighted by molar-refractivity contribution is 7.16. The first kappa shape index (κ1) is 26.1. The number of nitrogens with one attached hydrogen (secondary N) is 3. The first-order valence-electron chi connectivity index (χ1n) is 12.7. The monoisotopic (exact) mass is 568 g/mol. The summed E-state index contributed by atoms with van der Waals surface area (Å²) in [6.45, 7) is 6.04. The Hall–Kier alpha value is -5.10. The molecule has 206 valence electrons. The number of halogens is 1. The number of hydrogen-bond acceptors (Lipinski definition) is 7. The molecule has 41 heavy (non-hydrogen) atoms. The molecule has 3 N–H and O–H groups in total. The molecule has 0 unspecified atom stereocenters. The van der Waals surface area contributed by atoms with Gasteiger partial charge in [-0.25, -0.2) is 14.2 Å². The number of nitrogens with zero attached hydrogens (tertiary/aromatic N) is 5. The first-order chi connectivity index (χ1) is 19.7. The van der Waals surface area contributed by atoms with Crippen LogP contribution in [0.2, 0.25) is 0 Å². The molecule has 0 bridgehead atoms. The van der Waals surface area contributed by atoms with E-state index in [9.17, 15) is 4.79 Å². The van der Waals surface area contributed by atoms with Gasteiger partial charge in [0.2, 0.25) is 0 Å². The van der Waals surface area contributed by atoms with Gasteiger partial charge in [-0.15, -0.1) is 11.3 Å². The van der Waals surface area contributed by atoms with Crippen molar-refractivity contribution in [2.24, 2.45) is 0 Å². The zero-order chi connectivity index (χ0) is 28.6. The Morgan fingerprint density at radius 1 is 1.00 bits per heavy atom. The molecule has 4 heterocycles. The molecule has 0 saturated heterocycles. The molecular formula is C29H25FN8O2S. The normalized spacial score (nSPS) is 11.5. The van der Waals surface area contributed by atoms with Crippen LogP contribution in [0.4, 0.5) is 20.6 Å². The number of urea groups is 1. The lowest BCUT2D eigenvalue weighted by atomic mass is 10.1. The van der Waals surface area contributed by atoms with Crippen LogP contribution in [0.5, 0.6) is 11.5 Å². The lowest BCUT2D eigenvalue weighted by Crippen LogP contribution is -2.22. The molecular weight excluding hydrogens is 543 g/mol. The van der Waals surface area contributed by atoms with E-state index >= 15 is 4.39 Å². The van der Waals surface area contributed by atoms with Crippen molar-refractivity contribution in [1.29, 1.82) is 0 Å². The van der Waals surface area contributed by atoms with Crippen LogP contribution >= 0.6 is 11.3 Å². The van der Waals surface area contributed by atoms with Crippen LogP contribution in [0.15, 0.2) is 78.8 Å². The highest BCUT2D eigenvalue weighted by Gasteiger charge is 2.21. The van der Waals surface area contributed by atoms with E-state index in [4.69, 9.17) is 9.84 Å². The van der Waals surface area contributed by atoms with Gasteiger partial charge in [0.25, 0.3) is 0 Å². The maximum Gasteiger partial charge on any atom is 0.323 e. The number of thiazole rings is 1. The van der Waals surface area contributed by atoms with E-state index in [2.05, 4.69) is 30.8 Å². The van der Waals surface area contributed by atoms with Crippen molar-refractivity contribution in [3.63, 3.8) is 0 Å². The molecule has 0 spiro atoms. The van der Waals surface area contributed by atoms with Gasteiger partial charge in [0.05, 0.1) is 44.5 Å². The fraction of sp³-hybridized carbons (Fsp3) is 0.138. The zero-order valence-corrected chi connectivity index (χ0v) is 23.2. The number of aromatic amines is 1. The van der Waals surface area contributed by atoms with Crippen molar-refractivity contribution < 1.29 is 13.9 Å². The quantitative estimate of drug-likeness (QED) is 0.194. The first-order valence-corrected chi connectivity index (χ1v) is 13.6. The minimum absolute atomic E-state index is 0.00248. The van der Waals surface area contributed by atoms with E-state index in [0.717, 1.165) is 21.3 Å². The number of carbonyl (C=O) groups excluding carboxylic acids is 1. The topological polar surface area (TPSA) is 123 Å². The van der Waals surface area contributed by atoms with Crippen molar-refractivity contribution in [1.82, 2.24) is 29.9 Å². The molecule has 0 atom stereocenters. The molecule has 0 radical (unpaired) electrons. The van der Waals surface area contributed by atoms with Gasteiger partial charge >= 0.3 is 6.03 Å². The zero-order valence-electron chi connectivity index (χ0n) is 22.3. The fourth-order valence-electron chi connectivity index (χ4n) is 4.12. The Bertz CT molecular complexity index is 1860. The Morgan fingerprint density at radius 3 is 2.61 bits per heavy atom. The van der Waals surface area contributed by atoms with E-state index in [1.54, 1.807) is 64.5 Å². The number of H-pyrrole nitrogens is 1. The van der Waals surface area contributed by atoms with Crippen LogP contribution in [-0.4, -0.2) is 36.0 Å². The highest BCUT2D eigenvalue weighted by Crippen LogP contribution is 2.33. The summed E-state index contributed by atoms with van der Waals surface area (Å²) in [5.41, 5.74) is 5.64. The average molecular weight is 569 g/mol. The average Bonchev–Trinajstić information content (AvgIpc) is 3.71. The predicted molar refractivity (Wildman–Crippen MR) is 157 cm³/mol. The van der Waals surface area contributed by atoms with Gasteiger partial charge < -0.3 is 15.4 Å². The Balaban J connectivity index is 1.19. The van der Waals surface area contributed by atoms with E-state index in [1.807, 2.05) is 39.0 Å². The van der Waals surface area contributed by atoms with Gasteiger partial charge in [-0.1, -0.05) is 6.07 Å². The minimum atomic E-state index is -0.652. The number of carbonyl (C=O) groups is 1. The summed E-state index contributed by atoms with van der Waals surface area (Å²) in [5.74, 6) is 0.0959. The Labute approximate surface area is 238 Å². The Kier molecular flexibility index (Phi) is 6.67. The molecule has 2 amide bonds. The number of benzene rings is 2. The van der Waals surface area contributed by atoms with Gasteiger partial charge in [-0.3, -0.25) is 14.8 Å². The summed E-state index contributed by atoms with van der Waals surface area (Å²) in [4.78, 5) is 21.7. The number of ether oxygens (including phenoxy) is 1. The van der Waals surface area contributed by atoms with E-state index in [-0.39, 0.29) is 17.0 Å². The molecule has 6 aromatic rings. The molecule has 0 aliphatic heterocycles. The summed E-state index contributed by atoms with van der Waals surface area (Å²) in [5, 5.41) is 16.8. The largest absolute Gasteiger partial charge is 0.457 e. The summed E-state index contributed by atoms with van der Waals surface area (Å²) in [6.07, 6.45) is 6.72. The molecule has 0 aliphatic carbocycles. The molecule has 2 aromatic carbocycles. The van der Waals surface area contributed by atoms with Crippen molar-refractivity contribution in [3.05, 3.63) is 84.6 Å². The minimum Gasteiger partial charge on any atom is -0.457 e. The second-order valence-electron chi connectivity index (χ2n) is 10.2. The van der Waals surface area contributed by atoms with E-state index in [1.165, 1.54) is 12.1 Å². The summed E-state index contributed by atoms with van der Waals surface area (Å²) in [7, 11) is 0. The van der Waals surface area contributed by atoms with Crippen LogP contribution < -0.4 is 15.4 Å². The van der Waals surface area contributed by atoms with Crippen molar-refractivity contribution in [2.75, 3.05) is 10.6 Å². The van der Waals surface area contributed by atoms with Crippen molar-refractivity contribution >= 4 is 39.0 Å². The lowest BCUT2D eigenvalue weighted by molar-refractivity contribution is 0.262. The number of anilines is 2. The Morgan fingerprint density at radius 2 is 1.83 bits per heavy atom. The third-order valence-electron chi connectivity index (χ3n) is 6.20. The standard InChI is InChI=1S/C29H25FN8O2S/c1-29(2,3)38-15-25(27(37-38)17-4-7-26-24(10-17)32-16-41-26)36-28(39)35-22-6-5-19(11-21(22)30)40-20-8-9-31-23(12-20)18-13-33-34-14-18/h4-16H,1-3H3,(H,33,34)(H2,35,36,39). The van der Waals surface area contributed by atoms with Gasteiger partial charge in [0.1, 0.15) is 23.0 Å². The lowest BCUT2D eigenvalue weighted by Gasteiger charge is -2.18. The van der Waals surface area contributed by atoms with Gasteiger partial charge in [0.15, 0.2) is 0 Å². The second kappa shape index (κ2) is 10.5. The van der Waals surface area contributed by atoms with Gasteiger partial charge in [-0.2, -0.15) is 10.2 Å². The van der Waals surface area contributed by atoms with Crippen molar-refractivity contribution in [3.8, 4) is 34.0 Å². The molecule has 6 rings (SSSR count). The number of hydrogen-bond donors (Lipinski definition) is 3. The molecule has 10 nitrogen and oxygen atoms in total. The molecule has 0 fully saturated rings. The van der Waals surface area contributed by atoms with Crippen LogP contribution in [0.3, 0.4) is 0 Å². The van der Waals surface area contributed by atoms with Crippen LogP contribution in [0.1, 0.15) is 20.8 Å². The van der Waals surface area contributed by atoms with Crippen LogP contribution in [-0.2, 0) is 5.54 Å². The fourth-order valence-corrected chi connectivity index (χ4v) is 4.78. The van der Waals surface area contributed by atoms with Gasteiger partial charge in [0, 0.05) is 41.9 Å². The maximum absolute atomic E-state index is 15.0. The number of amides is 2. The van der Waals surface area contributed by atoms with E-state index in [0.29, 0.717) is 22.8 Å². The highest BCUT2D eigenvalue weighted by atomic mass is 32.1. The molecule has 0 aliphatic rings. The van der Waals surface area contributed by atoms with Crippen molar-refractivity contribution in [2.45, 2.75) is 26.3 Å². The maximum atomic E-state index is 15.0. The summed E-state index contributed by atoms with van der Waals surface area (Å²) < 4.78 is 23.7. The smallest absolute Gasteiger partial charge is 0.323 e. The number of rotatable bonds is 6. The number of fused-ring (bicyclic) bond motifs is 1. The molecule has 0 saturated carbocycles. The summed E-state index contributed by atoms with van der Waals surface area (Å²) >= 11 is 1.55. The SMILES string of the molecule is CC(C)(C)n1cc(NC(=O)Nc2ccc(Oc3ccnc(-c4cn[nH]c4)c3)cc2F)c(-c2ccc3scnc3c2)n1. The molecule has 4 aromatic heterocycles. The predicted octanol–water partition coefficient (Wildman–Crippen LogP) is 7.28. The van der Waals surface area contributed by atoms with Crippen LogP contribution in [0.25, 0.3) is 32.7 Å². The summed E-state index contributed by atoms with van der Waals surface area (Å²) in [6, 6.07) is 12.9. The second-order valence-corrected chi connectivity index (χ2v) is 11.1. The third kappa shape index (κ3) is 5.63. The number of aromatic nitrogens is 6. The third-order valence-corrected chi connectivity index (χ3v) is 7.01. The van der Waals surface area contributed by atoms with E-state index < -0.39 is 11.8 Å².